The summed E-state index contributed by atoms with van der Waals surface area (Å²) in [7, 11) is 0. The maximum atomic E-state index is 12.7. The molecule has 0 bridgehead atoms. The maximum absolute atomic E-state index is 12.7. The first-order valence-electron chi connectivity index (χ1n) is 9.37. The number of nitrogens with one attached hydrogen (secondary N) is 1. The molecule has 0 saturated heterocycles. The van der Waals surface area contributed by atoms with Gasteiger partial charge in [-0.25, -0.2) is 4.98 Å². The number of pyridine rings is 1. The molecule has 0 unspecified atom stereocenters. The zero-order valence-corrected chi connectivity index (χ0v) is 17.0. The van der Waals surface area contributed by atoms with Crippen molar-refractivity contribution >= 4 is 34.3 Å². The third-order valence-corrected chi connectivity index (χ3v) is 5.94. The van der Waals surface area contributed by atoms with Gasteiger partial charge in [0.05, 0.1) is 26.9 Å². The zero-order valence-electron chi connectivity index (χ0n) is 16.2. The van der Waals surface area contributed by atoms with Crippen LogP contribution >= 0.6 is 11.8 Å². The minimum atomic E-state index is -0.296. The van der Waals surface area contributed by atoms with Gasteiger partial charge in [0.1, 0.15) is 6.07 Å². The average molecular weight is 401 g/mol. The van der Waals surface area contributed by atoms with E-state index < -0.39 is 0 Å². The van der Waals surface area contributed by atoms with E-state index in [-0.39, 0.29) is 11.2 Å². The molecular weight excluding hydrogens is 380 g/mol. The summed E-state index contributed by atoms with van der Waals surface area (Å²) in [6.07, 6.45) is 0. The van der Waals surface area contributed by atoms with Crippen LogP contribution in [0.2, 0.25) is 0 Å². The molecule has 4 aromatic rings. The molecule has 144 valence electrons. The first-order chi connectivity index (χ1) is 14.1. The van der Waals surface area contributed by atoms with Gasteiger partial charge in [0, 0.05) is 6.54 Å². The molecular formula is C23H20N4OS. The molecule has 2 aromatic carbocycles. The van der Waals surface area contributed by atoms with E-state index in [0.29, 0.717) is 17.8 Å². The topological polar surface area (TPSA) is 70.2 Å². The van der Waals surface area contributed by atoms with E-state index >= 15 is 0 Å². The summed E-state index contributed by atoms with van der Waals surface area (Å²) in [5, 5.41) is 13.2. The molecule has 0 aliphatic rings. The van der Waals surface area contributed by atoms with E-state index in [1.807, 2.05) is 78.9 Å². The monoisotopic (exact) mass is 400 g/mol. The molecule has 0 saturated carbocycles. The van der Waals surface area contributed by atoms with Gasteiger partial charge in [-0.3, -0.25) is 9.20 Å². The third-order valence-electron chi connectivity index (χ3n) is 4.83. The molecule has 5 nitrogen and oxygen atoms in total. The molecule has 1 atom stereocenters. The number of aromatic nitrogens is 2. The van der Waals surface area contributed by atoms with Gasteiger partial charge in [-0.1, -0.05) is 54.2 Å². The summed E-state index contributed by atoms with van der Waals surface area (Å²) in [5.74, 6) is -0.0292. The molecule has 2 aromatic heterocycles. The Bertz CT molecular complexity index is 1240. The number of thioether (sulfide) groups is 1. The summed E-state index contributed by atoms with van der Waals surface area (Å²) in [6, 6.07) is 21.9. The number of carbonyl (C=O) groups is 1. The average Bonchev–Trinajstić information content (AvgIpc) is 3.12. The lowest BCUT2D eigenvalue weighted by molar-refractivity contribution is -0.120. The first kappa shape index (κ1) is 19.0. The Morgan fingerprint density at radius 1 is 1.21 bits per heavy atom. The van der Waals surface area contributed by atoms with Crippen molar-refractivity contribution in [3.8, 4) is 6.07 Å². The Labute approximate surface area is 173 Å². The Morgan fingerprint density at radius 3 is 2.69 bits per heavy atom. The van der Waals surface area contributed by atoms with Crippen molar-refractivity contribution in [2.75, 3.05) is 0 Å². The highest BCUT2D eigenvalue weighted by atomic mass is 32.2. The second-order valence-corrected chi connectivity index (χ2v) is 8.24. The number of benzene rings is 2. The Kier molecular flexibility index (Phi) is 5.24. The summed E-state index contributed by atoms with van der Waals surface area (Å²) >= 11 is 1.47. The lowest BCUT2D eigenvalue weighted by Gasteiger charge is -2.15. The highest BCUT2D eigenvalue weighted by molar-refractivity contribution is 8.00. The van der Waals surface area contributed by atoms with Gasteiger partial charge in [0.25, 0.3) is 0 Å². The number of amides is 1. The van der Waals surface area contributed by atoms with Crippen molar-refractivity contribution in [3.05, 3.63) is 77.4 Å². The van der Waals surface area contributed by atoms with E-state index in [9.17, 15) is 10.1 Å². The van der Waals surface area contributed by atoms with Crippen LogP contribution in [0, 0.1) is 18.3 Å². The number of para-hydroxylation sites is 2. The van der Waals surface area contributed by atoms with E-state index in [1.165, 1.54) is 11.8 Å². The zero-order chi connectivity index (χ0) is 20.4. The molecule has 2 heterocycles. The van der Waals surface area contributed by atoms with Gasteiger partial charge in [0.15, 0.2) is 5.65 Å². The number of nitriles is 1. The van der Waals surface area contributed by atoms with Crippen LogP contribution in [0.5, 0.6) is 0 Å². The van der Waals surface area contributed by atoms with Crippen LogP contribution in [-0.2, 0) is 11.3 Å². The van der Waals surface area contributed by atoms with Crippen LogP contribution in [0.3, 0.4) is 0 Å². The third kappa shape index (κ3) is 3.69. The Balaban J connectivity index is 1.65. The van der Waals surface area contributed by atoms with E-state index in [1.54, 1.807) is 0 Å². The fourth-order valence-electron chi connectivity index (χ4n) is 3.30. The summed E-state index contributed by atoms with van der Waals surface area (Å²) in [5.41, 5.74) is 4.88. The highest BCUT2D eigenvalue weighted by Crippen LogP contribution is 2.31. The summed E-state index contributed by atoms with van der Waals surface area (Å²) in [6.45, 7) is 4.30. The van der Waals surface area contributed by atoms with Crippen molar-refractivity contribution in [3.63, 3.8) is 0 Å². The van der Waals surface area contributed by atoms with E-state index in [0.717, 1.165) is 27.2 Å². The number of rotatable bonds is 5. The van der Waals surface area contributed by atoms with Gasteiger partial charge in [0.2, 0.25) is 5.91 Å². The number of hydrogen-bond donors (Lipinski definition) is 1. The van der Waals surface area contributed by atoms with E-state index in [4.69, 9.17) is 0 Å². The number of fused-ring (bicyclic) bond motifs is 3. The number of carbonyl (C=O) groups excluding carboxylic acids is 1. The van der Waals surface area contributed by atoms with Crippen molar-refractivity contribution in [1.29, 1.82) is 5.26 Å². The van der Waals surface area contributed by atoms with Crippen molar-refractivity contribution < 1.29 is 4.79 Å². The fraction of sp³-hybridized carbons (Fsp3) is 0.174. The van der Waals surface area contributed by atoms with Gasteiger partial charge in [-0.15, -0.1) is 0 Å². The largest absolute Gasteiger partial charge is 0.351 e. The quantitative estimate of drug-likeness (QED) is 0.502. The number of hydrogen-bond acceptors (Lipinski definition) is 4. The number of imidazole rings is 1. The van der Waals surface area contributed by atoms with Gasteiger partial charge >= 0.3 is 0 Å². The smallest absolute Gasteiger partial charge is 0.233 e. The van der Waals surface area contributed by atoms with Crippen LogP contribution in [0.4, 0.5) is 0 Å². The Morgan fingerprint density at radius 2 is 1.93 bits per heavy atom. The predicted molar refractivity (Wildman–Crippen MR) is 116 cm³/mol. The van der Waals surface area contributed by atoms with Crippen molar-refractivity contribution in [2.24, 2.45) is 0 Å². The molecule has 0 spiro atoms. The SMILES string of the molecule is Cc1cc(S[C@H](C)C(=O)NCc2ccccc2)n2c(nc3ccccc32)c1C#N. The van der Waals surface area contributed by atoms with Crippen LogP contribution in [-0.4, -0.2) is 20.5 Å². The van der Waals surface area contributed by atoms with Gasteiger partial charge in [-0.05, 0) is 43.2 Å². The molecule has 1 amide bonds. The van der Waals surface area contributed by atoms with Crippen LogP contribution in [0.1, 0.15) is 23.6 Å². The second-order valence-electron chi connectivity index (χ2n) is 6.88. The lowest BCUT2D eigenvalue weighted by atomic mass is 10.2. The van der Waals surface area contributed by atoms with Crippen LogP contribution in [0.15, 0.2) is 65.7 Å². The molecule has 0 aliphatic heterocycles. The second kappa shape index (κ2) is 7.98. The maximum Gasteiger partial charge on any atom is 0.233 e. The fourth-order valence-corrected chi connectivity index (χ4v) is 4.39. The van der Waals surface area contributed by atoms with Crippen LogP contribution in [0.25, 0.3) is 16.7 Å². The standard InChI is InChI=1S/C23H20N4OS/c1-15-12-21(29-16(2)23(28)25-14-17-8-4-3-5-9-17)27-20-11-7-6-10-19(20)26-22(27)18(15)13-24/h3-12,16H,14H2,1-2H3,(H,25,28)/t16-/m1/s1. The number of aryl methyl sites for hydroxylation is 1. The van der Waals surface area contributed by atoms with Crippen LogP contribution < -0.4 is 5.32 Å². The molecule has 0 radical (unpaired) electrons. The highest BCUT2D eigenvalue weighted by Gasteiger charge is 2.20. The minimum absolute atomic E-state index is 0.0292. The molecule has 6 heteroatoms. The number of nitrogens with zero attached hydrogens (tertiary/aromatic N) is 3. The molecule has 1 N–H and O–H groups in total. The molecule has 4 rings (SSSR count). The molecule has 0 aliphatic carbocycles. The summed E-state index contributed by atoms with van der Waals surface area (Å²) < 4.78 is 1.98. The summed E-state index contributed by atoms with van der Waals surface area (Å²) in [4.78, 5) is 17.3. The van der Waals surface area contributed by atoms with E-state index in [2.05, 4.69) is 16.4 Å². The Hall–Kier alpha value is -3.30. The first-order valence-corrected chi connectivity index (χ1v) is 10.3. The minimum Gasteiger partial charge on any atom is -0.351 e. The molecule has 0 fully saturated rings. The lowest BCUT2D eigenvalue weighted by Crippen LogP contribution is -2.30. The van der Waals surface area contributed by atoms with Crippen molar-refractivity contribution in [1.82, 2.24) is 14.7 Å². The molecule has 29 heavy (non-hydrogen) atoms. The normalized spacial score (nSPS) is 12.0. The van der Waals surface area contributed by atoms with Crippen molar-refractivity contribution in [2.45, 2.75) is 30.7 Å². The van der Waals surface area contributed by atoms with Gasteiger partial charge < -0.3 is 5.32 Å². The van der Waals surface area contributed by atoms with Gasteiger partial charge in [-0.2, -0.15) is 5.26 Å². The predicted octanol–water partition coefficient (Wildman–Crippen LogP) is 4.46.